The van der Waals surface area contributed by atoms with Crippen molar-refractivity contribution in [2.24, 2.45) is 0 Å². The van der Waals surface area contributed by atoms with Crippen molar-refractivity contribution in [3.8, 4) is 44.5 Å². The van der Waals surface area contributed by atoms with Crippen molar-refractivity contribution in [1.29, 1.82) is 0 Å². The Kier molecular flexibility index (Phi) is 8.46. The Morgan fingerprint density at radius 3 is 0.729 bits per heavy atom. The minimum Gasteiger partial charge on any atom is -0.0616 e. The summed E-state index contributed by atoms with van der Waals surface area (Å²) in [5.41, 5.74) is 9.86. The molecule has 0 nitrogen and oxygen atoms in total. The first kappa shape index (κ1) is 38.9. The molecule has 0 aromatic heterocycles. The van der Waals surface area contributed by atoms with Gasteiger partial charge in [-0.05, 0) is 213 Å². The zero-order valence-corrected chi connectivity index (χ0v) is 38.2. The van der Waals surface area contributed by atoms with Crippen molar-refractivity contribution < 1.29 is 0 Å². The van der Waals surface area contributed by atoms with Crippen molar-refractivity contribution in [2.45, 2.75) is 0 Å². The molecule has 0 heterocycles. The van der Waals surface area contributed by atoms with Crippen LogP contribution in [0.5, 0.6) is 0 Å². The van der Waals surface area contributed by atoms with Crippen molar-refractivity contribution in [3.63, 3.8) is 0 Å². The molecule has 322 valence electrons. The third kappa shape index (κ3) is 6.03. The number of rotatable bonds is 4. The second-order valence-corrected chi connectivity index (χ2v) is 19.2. The molecule has 0 saturated heterocycles. The summed E-state index contributed by atoms with van der Waals surface area (Å²) in [6.45, 7) is 0. The van der Waals surface area contributed by atoms with Crippen LogP contribution in [0, 0.1) is 0 Å². The number of hydrogen-bond donors (Lipinski definition) is 0. The van der Waals surface area contributed by atoms with E-state index >= 15 is 0 Å². The van der Waals surface area contributed by atoms with Crippen LogP contribution in [0.15, 0.2) is 255 Å². The van der Waals surface area contributed by atoms with Gasteiger partial charge in [0.1, 0.15) is 0 Å². The molecule has 0 aliphatic rings. The fourth-order valence-electron chi connectivity index (χ4n) is 11.9. The molecule has 0 aliphatic heterocycles. The third-order valence-electron chi connectivity index (χ3n) is 15.2. The van der Waals surface area contributed by atoms with Crippen LogP contribution in [0.2, 0.25) is 0 Å². The summed E-state index contributed by atoms with van der Waals surface area (Å²) in [5.74, 6) is 0. The maximum Gasteiger partial charge on any atom is -0.00137 e. The second kappa shape index (κ2) is 15.2. The summed E-state index contributed by atoms with van der Waals surface area (Å²) in [6.07, 6.45) is 0. The summed E-state index contributed by atoms with van der Waals surface area (Å²) >= 11 is 0. The zero-order chi connectivity index (χ0) is 45.9. The minimum absolute atomic E-state index is 1.20. The number of benzene rings is 15. The molecule has 0 amide bonds. The lowest BCUT2D eigenvalue weighted by atomic mass is 9.80. The van der Waals surface area contributed by atoms with E-state index in [9.17, 15) is 0 Å². The highest BCUT2D eigenvalue weighted by atomic mass is 14.3. The van der Waals surface area contributed by atoms with E-state index in [0.29, 0.717) is 0 Å². The molecule has 70 heavy (non-hydrogen) atoms. The first-order valence-corrected chi connectivity index (χ1v) is 24.4. The second-order valence-electron chi connectivity index (χ2n) is 19.2. The first-order valence-electron chi connectivity index (χ1n) is 24.4. The van der Waals surface area contributed by atoms with Gasteiger partial charge in [0.2, 0.25) is 0 Å². The van der Waals surface area contributed by atoms with Gasteiger partial charge in [0, 0.05) is 0 Å². The normalized spacial score (nSPS) is 12.0. The van der Waals surface area contributed by atoms with Gasteiger partial charge in [-0.1, -0.05) is 194 Å². The first-order chi connectivity index (χ1) is 34.7. The average molecular weight is 883 g/mol. The lowest BCUT2D eigenvalue weighted by Crippen LogP contribution is -1.95. The molecule has 0 N–H and O–H groups in total. The SMILES string of the molecule is c1ccc2cc3cc(-c4ccc5c(-c6c7ccccc7cc7ccccc67)c6cc(-c7ccc8cc9ccccc9cc8c7)ccc6c(-c6c7ccccc7cc7ccccc67)c5c4)ccc3cc2c1. The molecule has 15 rings (SSSR count). The molecule has 0 radical (unpaired) electrons. The molecule has 0 saturated carbocycles. The maximum atomic E-state index is 2.50. The lowest BCUT2D eigenvalue weighted by molar-refractivity contribution is 1.66. The van der Waals surface area contributed by atoms with Crippen molar-refractivity contribution >= 4 is 108 Å². The quantitative estimate of drug-likeness (QED) is 0.155. The van der Waals surface area contributed by atoms with Crippen LogP contribution < -0.4 is 0 Å². The van der Waals surface area contributed by atoms with Gasteiger partial charge in [0.15, 0.2) is 0 Å². The van der Waals surface area contributed by atoms with Crippen molar-refractivity contribution in [2.75, 3.05) is 0 Å². The summed E-state index contributed by atoms with van der Waals surface area (Å²) in [4.78, 5) is 0. The molecule has 0 heteroatoms. The summed E-state index contributed by atoms with van der Waals surface area (Å²) < 4.78 is 0. The Balaban J connectivity index is 1.11. The van der Waals surface area contributed by atoms with E-state index in [1.165, 1.54) is 152 Å². The molecule has 0 unspecified atom stereocenters. The maximum absolute atomic E-state index is 2.50. The molecular formula is C70H42. The summed E-state index contributed by atoms with van der Waals surface area (Å²) in [7, 11) is 0. The van der Waals surface area contributed by atoms with Gasteiger partial charge in [-0.3, -0.25) is 0 Å². The molecule has 0 atom stereocenters. The van der Waals surface area contributed by atoms with Gasteiger partial charge in [0.05, 0.1) is 0 Å². The lowest BCUT2D eigenvalue weighted by Gasteiger charge is -2.23. The zero-order valence-electron chi connectivity index (χ0n) is 38.2. The largest absolute Gasteiger partial charge is 0.0616 e. The van der Waals surface area contributed by atoms with Crippen LogP contribution in [-0.4, -0.2) is 0 Å². The minimum atomic E-state index is 1.20. The third-order valence-corrected chi connectivity index (χ3v) is 15.2. The highest BCUT2D eigenvalue weighted by Crippen LogP contribution is 2.52. The Hall–Kier alpha value is -9.10. The van der Waals surface area contributed by atoms with E-state index in [-0.39, 0.29) is 0 Å². The molecule has 0 aliphatic carbocycles. The highest BCUT2D eigenvalue weighted by Gasteiger charge is 2.24. The van der Waals surface area contributed by atoms with E-state index in [2.05, 4.69) is 255 Å². The highest BCUT2D eigenvalue weighted by molar-refractivity contribution is 6.31. The van der Waals surface area contributed by atoms with E-state index in [4.69, 9.17) is 0 Å². The van der Waals surface area contributed by atoms with Gasteiger partial charge >= 0.3 is 0 Å². The summed E-state index contributed by atoms with van der Waals surface area (Å²) in [6, 6.07) is 95.9. The smallest absolute Gasteiger partial charge is 0.00137 e. The van der Waals surface area contributed by atoms with E-state index in [1.807, 2.05) is 0 Å². The number of hydrogen-bond acceptors (Lipinski definition) is 0. The van der Waals surface area contributed by atoms with E-state index in [0.717, 1.165) is 0 Å². The average Bonchev–Trinajstić information content (AvgIpc) is 3.41. The monoisotopic (exact) mass is 882 g/mol. The molecule has 0 bridgehead atoms. The molecule has 0 spiro atoms. The van der Waals surface area contributed by atoms with Gasteiger partial charge in [-0.15, -0.1) is 0 Å². The van der Waals surface area contributed by atoms with Crippen LogP contribution in [0.4, 0.5) is 0 Å². The summed E-state index contributed by atoms with van der Waals surface area (Å²) in [5, 5.41) is 24.9. The molecule has 15 aromatic carbocycles. The van der Waals surface area contributed by atoms with Crippen molar-refractivity contribution in [1.82, 2.24) is 0 Å². The Morgan fingerprint density at radius 2 is 0.371 bits per heavy atom. The predicted octanol–water partition coefficient (Wildman–Crippen LogP) is 19.9. The van der Waals surface area contributed by atoms with Gasteiger partial charge in [-0.25, -0.2) is 0 Å². The Bertz CT molecular complexity index is 4300. The van der Waals surface area contributed by atoms with Crippen LogP contribution in [0.1, 0.15) is 0 Å². The van der Waals surface area contributed by atoms with Crippen LogP contribution in [0.3, 0.4) is 0 Å². The Labute approximate surface area is 404 Å². The van der Waals surface area contributed by atoms with E-state index < -0.39 is 0 Å². The van der Waals surface area contributed by atoms with Gasteiger partial charge in [-0.2, -0.15) is 0 Å². The van der Waals surface area contributed by atoms with Crippen LogP contribution >= 0.6 is 0 Å². The van der Waals surface area contributed by atoms with Gasteiger partial charge in [0.25, 0.3) is 0 Å². The predicted molar refractivity (Wildman–Crippen MR) is 303 cm³/mol. The fourth-order valence-corrected chi connectivity index (χ4v) is 11.9. The number of fused-ring (bicyclic) bond motifs is 10. The van der Waals surface area contributed by atoms with Crippen LogP contribution in [0.25, 0.3) is 152 Å². The molecule has 0 fully saturated rings. The van der Waals surface area contributed by atoms with Crippen molar-refractivity contribution in [3.05, 3.63) is 255 Å². The van der Waals surface area contributed by atoms with Gasteiger partial charge < -0.3 is 0 Å². The Morgan fingerprint density at radius 1 is 0.129 bits per heavy atom. The van der Waals surface area contributed by atoms with Crippen LogP contribution in [-0.2, 0) is 0 Å². The molecule has 15 aromatic rings. The van der Waals surface area contributed by atoms with E-state index in [1.54, 1.807) is 0 Å². The standard InChI is InChI=1S/C70H42/c1-3-15-45-35-57-37-47(25-27-49(57)33-43(45)13-1)51-29-31-63-65(41-51)69(67-59-21-9-5-17-53(59)39-54-18-6-10-22-60(54)67)64-32-30-52(48-26-28-50-34-44-14-2-4-16-46(44)36-58(50)38-48)42-66(64)70(63)68-61-23-11-7-19-55(61)40-56-20-8-12-24-62(56)68/h1-42H. The fraction of sp³-hybridized carbons (Fsp3) is 0. The molecular weight excluding hydrogens is 841 g/mol. The topological polar surface area (TPSA) is 0 Å².